The molecule has 4 aromatic rings. The third-order valence-electron chi connectivity index (χ3n) is 4.97. The minimum atomic E-state index is -1.08. The molecule has 3 aromatic carbocycles. The molecule has 1 N–H and O–H groups in total. The number of carbonyl (C=O) groups is 1. The van der Waals surface area contributed by atoms with E-state index in [0.717, 1.165) is 22.5 Å². The summed E-state index contributed by atoms with van der Waals surface area (Å²) in [6.07, 6.45) is 0. The molecular weight excluding hydrogens is 433 g/mol. The van der Waals surface area contributed by atoms with Crippen molar-refractivity contribution < 1.29 is 14.6 Å². The van der Waals surface area contributed by atoms with E-state index >= 15 is 0 Å². The van der Waals surface area contributed by atoms with Crippen LogP contribution in [0.1, 0.15) is 21.6 Å². The molecule has 31 heavy (non-hydrogen) atoms. The smallest absolute Gasteiger partial charge is 0.337 e. The minimum Gasteiger partial charge on any atom is -0.488 e. The van der Waals surface area contributed by atoms with E-state index in [-0.39, 0.29) is 10.6 Å². The van der Waals surface area contributed by atoms with E-state index in [1.165, 1.54) is 0 Å². The Morgan fingerprint density at radius 2 is 1.74 bits per heavy atom. The number of carboxylic acid groups (broad SMARTS) is 1. The molecule has 1 heterocycles. The molecule has 0 fully saturated rings. The topological polar surface area (TPSA) is 51.5 Å². The summed E-state index contributed by atoms with van der Waals surface area (Å²) in [6, 6.07) is 24.3. The van der Waals surface area contributed by atoms with E-state index in [2.05, 4.69) is 0 Å². The van der Waals surface area contributed by atoms with Crippen LogP contribution in [-0.2, 0) is 6.61 Å². The number of aromatic carboxylic acids is 1. The molecular formula is C25H19Cl2NO3. The molecule has 6 heteroatoms. The van der Waals surface area contributed by atoms with Gasteiger partial charge in [0.05, 0.1) is 16.3 Å². The Kier molecular flexibility index (Phi) is 6.03. The number of halogens is 2. The second-order valence-corrected chi connectivity index (χ2v) is 7.92. The summed E-state index contributed by atoms with van der Waals surface area (Å²) in [6.45, 7) is 2.37. The molecule has 0 bridgehead atoms. The standard InChI is InChI=1S/C25H19Cl2NO3/c1-16-7-11-23(28(16)19-9-10-22(27)20(14-19)25(29)30)21-13-18(26)8-12-24(21)31-15-17-5-3-2-4-6-17/h2-14H,15H2,1H3,(H,29,30). The fraction of sp³-hybridized carbons (Fsp3) is 0.0800. The molecule has 0 atom stereocenters. The van der Waals surface area contributed by atoms with Gasteiger partial charge in [-0.05, 0) is 61.0 Å². The molecule has 0 aliphatic heterocycles. The molecule has 156 valence electrons. The maximum absolute atomic E-state index is 11.6. The SMILES string of the molecule is Cc1ccc(-c2cc(Cl)ccc2OCc2ccccc2)n1-c1ccc(Cl)c(C(=O)O)c1. The van der Waals surface area contributed by atoms with Crippen LogP contribution in [-0.4, -0.2) is 15.6 Å². The van der Waals surface area contributed by atoms with E-state index < -0.39 is 5.97 Å². The first-order valence-corrected chi connectivity index (χ1v) is 10.4. The number of hydrogen-bond donors (Lipinski definition) is 1. The zero-order valence-corrected chi connectivity index (χ0v) is 18.2. The van der Waals surface area contributed by atoms with Gasteiger partial charge in [0.2, 0.25) is 0 Å². The minimum absolute atomic E-state index is 0.0462. The number of benzene rings is 3. The molecule has 0 saturated carbocycles. The lowest BCUT2D eigenvalue weighted by atomic mass is 10.1. The van der Waals surface area contributed by atoms with Crippen LogP contribution in [0.2, 0.25) is 10.0 Å². The van der Waals surface area contributed by atoms with Gasteiger partial charge in [0.25, 0.3) is 0 Å². The van der Waals surface area contributed by atoms with Crippen molar-refractivity contribution in [1.29, 1.82) is 0 Å². The fourth-order valence-corrected chi connectivity index (χ4v) is 3.84. The molecule has 0 spiro atoms. The summed E-state index contributed by atoms with van der Waals surface area (Å²) in [5.74, 6) is -0.395. The number of aryl methyl sites for hydroxylation is 1. The Hall–Kier alpha value is -3.21. The Bertz CT molecular complexity index is 1250. The van der Waals surface area contributed by atoms with E-state index in [4.69, 9.17) is 27.9 Å². The molecule has 1 aromatic heterocycles. The van der Waals surface area contributed by atoms with Gasteiger partial charge in [-0.25, -0.2) is 4.79 Å². The van der Waals surface area contributed by atoms with Gasteiger partial charge in [-0.1, -0.05) is 53.5 Å². The molecule has 0 unspecified atom stereocenters. The Morgan fingerprint density at radius 1 is 0.968 bits per heavy atom. The van der Waals surface area contributed by atoms with Gasteiger partial charge in [-0.15, -0.1) is 0 Å². The average molecular weight is 452 g/mol. The molecule has 0 radical (unpaired) electrons. The van der Waals surface area contributed by atoms with Gasteiger partial charge >= 0.3 is 5.97 Å². The number of hydrogen-bond acceptors (Lipinski definition) is 2. The van der Waals surface area contributed by atoms with Gasteiger partial charge in [-0.2, -0.15) is 0 Å². The van der Waals surface area contributed by atoms with Crippen LogP contribution in [0.25, 0.3) is 16.9 Å². The predicted octanol–water partition coefficient (Wildman–Crippen LogP) is 7.04. The summed E-state index contributed by atoms with van der Waals surface area (Å²) in [5, 5.41) is 10.2. The number of nitrogens with zero attached hydrogens (tertiary/aromatic N) is 1. The normalized spacial score (nSPS) is 10.8. The number of rotatable bonds is 6. The van der Waals surface area contributed by atoms with Crippen molar-refractivity contribution in [3.05, 3.63) is 106 Å². The molecule has 4 nitrogen and oxygen atoms in total. The third kappa shape index (κ3) is 4.46. The van der Waals surface area contributed by atoms with Crippen LogP contribution in [0, 0.1) is 6.92 Å². The first kappa shape index (κ1) is 21.0. The highest BCUT2D eigenvalue weighted by Gasteiger charge is 2.17. The van der Waals surface area contributed by atoms with Crippen molar-refractivity contribution in [3.8, 4) is 22.7 Å². The summed E-state index contributed by atoms with van der Waals surface area (Å²) in [4.78, 5) is 11.6. The Morgan fingerprint density at radius 3 is 2.48 bits per heavy atom. The molecule has 0 aliphatic carbocycles. The molecule has 0 aliphatic rings. The van der Waals surface area contributed by atoms with Gasteiger partial charge < -0.3 is 14.4 Å². The lowest BCUT2D eigenvalue weighted by molar-refractivity contribution is 0.0697. The fourth-order valence-electron chi connectivity index (χ4n) is 3.47. The third-order valence-corrected chi connectivity index (χ3v) is 5.53. The van der Waals surface area contributed by atoms with E-state index in [0.29, 0.717) is 23.1 Å². The van der Waals surface area contributed by atoms with Crippen LogP contribution >= 0.6 is 23.2 Å². The highest BCUT2D eigenvalue weighted by molar-refractivity contribution is 6.33. The van der Waals surface area contributed by atoms with Crippen molar-refractivity contribution in [2.45, 2.75) is 13.5 Å². The van der Waals surface area contributed by atoms with Crippen molar-refractivity contribution >= 4 is 29.2 Å². The van der Waals surface area contributed by atoms with Crippen LogP contribution in [0.5, 0.6) is 5.75 Å². The zero-order chi connectivity index (χ0) is 22.0. The second-order valence-electron chi connectivity index (χ2n) is 7.08. The number of aromatic nitrogens is 1. The van der Waals surface area contributed by atoms with Gasteiger partial charge in [0, 0.05) is 22.0 Å². The second kappa shape index (κ2) is 8.88. The van der Waals surface area contributed by atoms with Crippen LogP contribution in [0.3, 0.4) is 0 Å². The highest BCUT2D eigenvalue weighted by Crippen LogP contribution is 2.36. The van der Waals surface area contributed by atoms with Crippen molar-refractivity contribution in [3.63, 3.8) is 0 Å². The van der Waals surface area contributed by atoms with Crippen LogP contribution < -0.4 is 4.74 Å². The summed E-state index contributed by atoms with van der Waals surface area (Å²) < 4.78 is 8.09. The van der Waals surface area contributed by atoms with Crippen LogP contribution in [0.15, 0.2) is 78.9 Å². The average Bonchev–Trinajstić information content (AvgIpc) is 3.15. The van der Waals surface area contributed by atoms with Crippen molar-refractivity contribution in [2.24, 2.45) is 0 Å². The van der Waals surface area contributed by atoms with Gasteiger partial charge in [0.1, 0.15) is 12.4 Å². The quantitative estimate of drug-likeness (QED) is 0.342. The summed E-state index contributed by atoms with van der Waals surface area (Å²) in [7, 11) is 0. The number of carboxylic acids is 1. The summed E-state index contributed by atoms with van der Waals surface area (Å²) >= 11 is 12.4. The maximum atomic E-state index is 11.6. The Labute approximate surface area is 190 Å². The van der Waals surface area contributed by atoms with Crippen molar-refractivity contribution in [2.75, 3.05) is 0 Å². The molecule has 0 saturated heterocycles. The van der Waals surface area contributed by atoms with Gasteiger partial charge in [0.15, 0.2) is 0 Å². The first-order valence-electron chi connectivity index (χ1n) is 9.62. The van der Waals surface area contributed by atoms with E-state index in [1.54, 1.807) is 24.3 Å². The molecule has 0 amide bonds. The van der Waals surface area contributed by atoms with E-state index in [9.17, 15) is 9.90 Å². The zero-order valence-electron chi connectivity index (χ0n) is 16.7. The van der Waals surface area contributed by atoms with E-state index in [1.807, 2.05) is 66.1 Å². The monoisotopic (exact) mass is 451 g/mol. The predicted molar refractivity (Wildman–Crippen MR) is 124 cm³/mol. The lowest BCUT2D eigenvalue weighted by Crippen LogP contribution is -2.04. The highest BCUT2D eigenvalue weighted by atomic mass is 35.5. The first-order chi connectivity index (χ1) is 14.9. The van der Waals surface area contributed by atoms with Crippen molar-refractivity contribution in [1.82, 2.24) is 4.57 Å². The lowest BCUT2D eigenvalue weighted by Gasteiger charge is -2.17. The summed E-state index contributed by atoms with van der Waals surface area (Å²) in [5.41, 5.74) is 4.37. The number of ether oxygens (including phenoxy) is 1. The maximum Gasteiger partial charge on any atom is 0.337 e. The van der Waals surface area contributed by atoms with Crippen LogP contribution in [0.4, 0.5) is 0 Å². The van der Waals surface area contributed by atoms with Gasteiger partial charge in [-0.3, -0.25) is 0 Å². The molecule has 4 rings (SSSR count). The largest absolute Gasteiger partial charge is 0.488 e. The Balaban J connectivity index is 1.79.